The number of nitrogens with one attached hydrogen (secondary N) is 2. The lowest BCUT2D eigenvalue weighted by molar-refractivity contribution is 0.278. The largest absolute Gasteiger partial charge is 0.317 e. The molecule has 1 fully saturated rings. The Bertz CT molecular complexity index is 338. The van der Waals surface area contributed by atoms with Crippen molar-refractivity contribution >= 4 is 10.0 Å². The minimum atomic E-state index is -3.10. The smallest absolute Gasteiger partial charge is 0.211 e. The van der Waals surface area contributed by atoms with Gasteiger partial charge in [-0.3, -0.25) is 0 Å². The molecule has 0 radical (unpaired) electrons. The van der Waals surface area contributed by atoms with Gasteiger partial charge in [0.25, 0.3) is 0 Å². The highest BCUT2D eigenvalue weighted by Gasteiger charge is 2.17. The summed E-state index contributed by atoms with van der Waals surface area (Å²) in [6.07, 6.45) is 2.99. The molecule has 0 aromatic carbocycles. The fourth-order valence-corrected chi connectivity index (χ4v) is 3.39. The van der Waals surface area contributed by atoms with Crippen LogP contribution in [0.3, 0.4) is 0 Å². The number of sulfonamides is 1. The van der Waals surface area contributed by atoms with E-state index in [0.717, 1.165) is 38.9 Å². The fourth-order valence-electron chi connectivity index (χ4n) is 2.20. The van der Waals surface area contributed by atoms with Crippen LogP contribution >= 0.6 is 0 Å². The number of hydrogen-bond donors (Lipinski definition) is 2. The van der Waals surface area contributed by atoms with Gasteiger partial charge in [-0.2, -0.15) is 0 Å². The van der Waals surface area contributed by atoms with Crippen LogP contribution in [-0.4, -0.2) is 58.3 Å². The van der Waals surface area contributed by atoms with Crippen LogP contribution in [0.25, 0.3) is 0 Å². The normalized spacial score (nSPS) is 18.4. The molecule has 6 heteroatoms. The Morgan fingerprint density at radius 3 is 2.53 bits per heavy atom. The molecule has 0 aromatic heterocycles. The molecule has 0 saturated carbocycles. The van der Waals surface area contributed by atoms with Crippen LogP contribution in [0.2, 0.25) is 0 Å². The van der Waals surface area contributed by atoms with E-state index >= 15 is 0 Å². The molecule has 1 aliphatic heterocycles. The van der Waals surface area contributed by atoms with Crippen molar-refractivity contribution in [1.82, 2.24) is 14.9 Å². The Balaban J connectivity index is 2.20. The van der Waals surface area contributed by atoms with Crippen LogP contribution in [-0.2, 0) is 10.0 Å². The predicted octanol–water partition coefficient (Wildman–Crippen LogP) is 0.636. The molecule has 2 N–H and O–H groups in total. The Kier molecular flexibility index (Phi) is 7.28. The zero-order chi connectivity index (χ0) is 14.3. The van der Waals surface area contributed by atoms with Crippen LogP contribution in [0.1, 0.15) is 33.1 Å². The van der Waals surface area contributed by atoms with E-state index in [9.17, 15) is 8.42 Å². The molecule has 0 aliphatic carbocycles. The molecule has 0 unspecified atom stereocenters. The molecule has 0 amide bonds. The van der Waals surface area contributed by atoms with Gasteiger partial charge < -0.3 is 10.2 Å². The lowest BCUT2D eigenvalue weighted by Gasteiger charge is -2.23. The number of nitrogens with zero attached hydrogens (tertiary/aromatic N) is 1. The zero-order valence-electron chi connectivity index (χ0n) is 12.5. The third kappa shape index (κ3) is 7.25. The fraction of sp³-hybridized carbons (Fsp3) is 1.00. The first-order valence-corrected chi connectivity index (χ1v) is 8.94. The predicted molar refractivity (Wildman–Crippen MR) is 79.8 cm³/mol. The maximum Gasteiger partial charge on any atom is 0.211 e. The number of rotatable bonds is 8. The van der Waals surface area contributed by atoms with Crippen molar-refractivity contribution < 1.29 is 8.42 Å². The molecule has 1 aliphatic rings. The first kappa shape index (κ1) is 16.9. The van der Waals surface area contributed by atoms with Gasteiger partial charge in [-0.15, -0.1) is 0 Å². The second kappa shape index (κ2) is 8.19. The molecule has 0 atom stereocenters. The second-order valence-corrected chi connectivity index (χ2v) is 7.70. The molecule has 0 spiro atoms. The van der Waals surface area contributed by atoms with Gasteiger partial charge in [-0.1, -0.05) is 0 Å². The van der Waals surface area contributed by atoms with Crippen LogP contribution in [0.5, 0.6) is 0 Å². The summed E-state index contributed by atoms with van der Waals surface area (Å²) in [5.41, 5.74) is 0. The van der Waals surface area contributed by atoms with E-state index in [2.05, 4.69) is 28.8 Å². The lowest BCUT2D eigenvalue weighted by Crippen LogP contribution is -2.37. The third-order valence-corrected chi connectivity index (χ3v) is 5.34. The third-order valence-electron chi connectivity index (χ3n) is 3.92. The molecule has 5 nitrogen and oxygen atoms in total. The zero-order valence-corrected chi connectivity index (χ0v) is 13.3. The van der Waals surface area contributed by atoms with Crippen LogP contribution in [0, 0.1) is 5.92 Å². The Labute approximate surface area is 118 Å². The van der Waals surface area contributed by atoms with Gasteiger partial charge in [0, 0.05) is 19.1 Å². The van der Waals surface area contributed by atoms with Crippen molar-refractivity contribution in [3.05, 3.63) is 0 Å². The Morgan fingerprint density at radius 2 is 1.95 bits per heavy atom. The van der Waals surface area contributed by atoms with Crippen LogP contribution in [0.15, 0.2) is 0 Å². The van der Waals surface area contributed by atoms with Gasteiger partial charge in [-0.25, -0.2) is 13.1 Å². The molecular weight excluding hydrogens is 262 g/mol. The van der Waals surface area contributed by atoms with Crippen molar-refractivity contribution in [2.24, 2.45) is 5.92 Å². The second-order valence-electron chi connectivity index (χ2n) is 5.77. The summed E-state index contributed by atoms with van der Waals surface area (Å²) in [6.45, 7) is 7.51. The summed E-state index contributed by atoms with van der Waals surface area (Å²) in [7, 11) is -1.09. The van der Waals surface area contributed by atoms with E-state index in [-0.39, 0.29) is 5.75 Å². The number of piperidine rings is 1. The minimum absolute atomic E-state index is 0.267. The van der Waals surface area contributed by atoms with E-state index in [1.165, 1.54) is 0 Å². The summed E-state index contributed by atoms with van der Waals surface area (Å²) < 4.78 is 26.5. The highest BCUT2D eigenvalue weighted by molar-refractivity contribution is 7.89. The Morgan fingerprint density at radius 1 is 1.32 bits per heavy atom. The minimum Gasteiger partial charge on any atom is -0.317 e. The maximum absolute atomic E-state index is 11.9. The first-order chi connectivity index (χ1) is 8.91. The summed E-state index contributed by atoms with van der Waals surface area (Å²) in [5, 5.41) is 3.30. The van der Waals surface area contributed by atoms with Crippen molar-refractivity contribution in [2.75, 3.05) is 39.0 Å². The quantitative estimate of drug-likeness (QED) is 0.689. The van der Waals surface area contributed by atoms with E-state index in [1.54, 1.807) is 0 Å². The first-order valence-electron chi connectivity index (χ1n) is 7.29. The SMILES string of the molecule is CC(C)N(C)CCNS(=O)(=O)CCC1CCNCC1. The highest BCUT2D eigenvalue weighted by Crippen LogP contribution is 2.16. The van der Waals surface area contributed by atoms with Gasteiger partial charge in [-0.05, 0) is 59.2 Å². The molecule has 1 rings (SSSR count). The summed E-state index contributed by atoms with van der Waals surface area (Å²) in [4.78, 5) is 2.13. The molecule has 114 valence electrons. The Hall–Kier alpha value is -0.170. The summed E-state index contributed by atoms with van der Waals surface area (Å²) >= 11 is 0. The van der Waals surface area contributed by atoms with Gasteiger partial charge in [0.2, 0.25) is 10.0 Å². The highest BCUT2D eigenvalue weighted by atomic mass is 32.2. The van der Waals surface area contributed by atoms with E-state index in [0.29, 0.717) is 18.5 Å². The molecule has 0 bridgehead atoms. The average molecular weight is 291 g/mol. The standard InChI is InChI=1S/C13H29N3O2S/c1-12(2)16(3)10-9-15-19(17,18)11-6-13-4-7-14-8-5-13/h12-15H,4-11H2,1-3H3. The number of likely N-dealkylation sites (N-methyl/N-ethyl adjacent to an activating group) is 1. The molecule has 19 heavy (non-hydrogen) atoms. The maximum atomic E-state index is 11.9. The molecule has 0 aromatic rings. The van der Waals surface area contributed by atoms with Crippen LogP contribution < -0.4 is 10.0 Å². The van der Waals surface area contributed by atoms with Crippen molar-refractivity contribution in [2.45, 2.75) is 39.2 Å². The molecule has 1 heterocycles. The van der Waals surface area contributed by atoms with Crippen LogP contribution in [0.4, 0.5) is 0 Å². The average Bonchev–Trinajstić information content (AvgIpc) is 2.37. The molecular formula is C13H29N3O2S. The van der Waals surface area contributed by atoms with Crippen molar-refractivity contribution in [1.29, 1.82) is 0 Å². The van der Waals surface area contributed by atoms with Crippen molar-refractivity contribution in [3.8, 4) is 0 Å². The van der Waals surface area contributed by atoms with Gasteiger partial charge in [0.15, 0.2) is 0 Å². The van der Waals surface area contributed by atoms with E-state index in [4.69, 9.17) is 0 Å². The van der Waals surface area contributed by atoms with E-state index in [1.807, 2.05) is 7.05 Å². The number of hydrogen-bond acceptors (Lipinski definition) is 4. The lowest BCUT2D eigenvalue weighted by atomic mass is 9.96. The molecule has 1 saturated heterocycles. The van der Waals surface area contributed by atoms with E-state index < -0.39 is 10.0 Å². The summed E-state index contributed by atoms with van der Waals surface area (Å²) in [5.74, 6) is 0.833. The topological polar surface area (TPSA) is 61.4 Å². The van der Waals surface area contributed by atoms with Crippen molar-refractivity contribution in [3.63, 3.8) is 0 Å². The van der Waals surface area contributed by atoms with Gasteiger partial charge in [0.05, 0.1) is 5.75 Å². The van der Waals surface area contributed by atoms with Gasteiger partial charge >= 0.3 is 0 Å². The monoisotopic (exact) mass is 291 g/mol. The van der Waals surface area contributed by atoms with Gasteiger partial charge in [0.1, 0.15) is 0 Å². The summed E-state index contributed by atoms with van der Waals surface area (Å²) in [6, 6.07) is 0.444.